The van der Waals surface area contributed by atoms with E-state index >= 15 is 0 Å². The maximum Gasteiger partial charge on any atom is 0.330 e. The quantitative estimate of drug-likeness (QED) is 0.481. The first-order chi connectivity index (χ1) is 12.0. The van der Waals surface area contributed by atoms with Gasteiger partial charge in [-0.05, 0) is 13.8 Å². The Morgan fingerprint density at radius 2 is 1.77 bits per heavy atom. The summed E-state index contributed by atoms with van der Waals surface area (Å²) < 4.78 is 10.8. The minimum absolute atomic E-state index is 0.657. The number of ketones is 2. The van der Waals surface area contributed by atoms with Crippen LogP contribution >= 0.6 is 0 Å². The van der Waals surface area contributed by atoms with Gasteiger partial charge in [0.15, 0.2) is 23.4 Å². The molecule has 0 spiro atoms. The second kappa shape index (κ2) is 6.59. The molecule has 11 nitrogen and oxygen atoms in total. The van der Waals surface area contributed by atoms with Crippen molar-refractivity contribution in [3.05, 3.63) is 33.1 Å². The van der Waals surface area contributed by atoms with Crippen LogP contribution in [0.1, 0.15) is 27.0 Å². The van der Waals surface area contributed by atoms with Gasteiger partial charge in [0, 0.05) is 19.2 Å². The van der Waals surface area contributed by atoms with E-state index in [1.165, 1.54) is 0 Å². The highest BCUT2D eigenvalue weighted by molar-refractivity contribution is 5.98. The average Bonchev–Trinajstić information content (AvgIpc) is 2.76. The number of hydrogen-bond donors (Lipinski definition) is 3. The predicted molar refractivity (Wildman–Crippen MR) is 83.1 cm³/mol. The first-order valence-corrected chi connectivity index (χ1v) is 7.53. The lowest BCUT2D eigenvalue weighted by molar-refractivity contribution is -0.182. The largest absolute Gasteiger partial charge is 0.463 e. The summed E-state index contributed by atoms with van der Waals surface area (Å²) >= 11 is 0. The summed E-state index contributed by atoms with van der Waals surface area (Å²) in [6.45, 7) is 2.23. The van der Waals surface area contributed by atoms with Crippen LogP contribution in [0.5, 0.6) is 0 Å². The summed E-state index contributed by atoms with van der Waals surface area (Å²) in [7, 11) is 0. The zero-order valence-electron chi connectivity index (χ0n) is 14.2. The number of H-pyrrole nitrogens is 1. The molecule has 4 atom stereocenters. The molecule has 142 valence electrons. The van der Waals surface area contributed by atoms with E-state index < -0.39 is 58.9 Å². The Labute approximate surface area is 146 Å². The lowest BCUT2D eigenvalue weighted by Crippen LogP contribution is -2.66. The van der Waals surface area contributed by atoms with Gasteiger partial charge in [0.2, 0.25) is 5.60 Å². The zero-order valence-corrected chi connectivity index (χ0v) is 14.2. The number of hydrogen-bond acceptors (Lipinski definition) is 9. The van der Waals surface area contributed by atoms with Crippen molar-refractivity contribution in [2.45, 2.75) is 44.3 Å². The van der Waals surface area contributed by atoms with Gasteiger partial charge in [-0.25, -0.2) is 4.79 Å². The highest BCUT2D eigenvalue weighted by atomic mass is 16.6. The molecule has 0 radical (unpaired) electrons. The van der Waals surface area contributed by atoms with Gasteiger partial charge in [-0.15, -0.1) is 0 Å². The average molecular weight is 370 g/mol. The molecule has 0 unspecified atom stereocenters. The molecule has 26 heavy (non-hydrogen) atoms. The third kappa shape index (κ3) is 2.79. The van der Waals surface area contributed by atoms with E-state index in [-0.39, 0.29) is 0 Å². The Morgan fingerprint density at radius 3 is 2.23 bits per heavy atom. The molecule has 0 aromatic carbocycles. The molecule has 3 N–H and O–H groups in total. The van der Waals surface area contributed by atoms with Crippen molar-refractivity contribution >= 4 is 17.5 Å². The molecule has 11 heteroatoms. The second-order valence-corrected chi connectivity index (χ2v) is 5.94. The van der Waals surface area contributed by atoms with Gasteiger partial charge in [-0.3, -0.25) is 28.7 Å². The fourth-order valence-electron chi connectivity index (χ4n) is 2.96. The summed E-state index contributed by atoms with van der Waals surface area (Å²) in [5, 5.41) is 21.8. The summed E-state index contributed by atoms with van der Waals surface area (Å²) in [6, 6.07) is 0.928. The molecule has 1 aromatic heterocycles. The second-order valence-electron chi connectivity index (χ2n) is 5.94. The van der Waals surface area contributed by atoms with Gasteiger partial charge in [0.25, 0.3) is 5.56 Å². The van der Waals surface area contributed by atoms with E-state index in [1.807, 2.05) is 4.98 Å². The van der Waals surface area contributed by atoms with E-state index in [9.17, 15) is 34.2 Å². The van der Waals surface area contributed by atoms with Crippen molar-refractivity contribution in [1.29, 1.82) is 0 Å². The van der Waals surface area contributed by atoms with Crippen LogP contribution in [0.3, 0.4) is 0 Å². The van der Waals surface area contributed by atoms with Crippen LogP contribution in [0.15, 0.2) is 21.9 Å². The van der Waals surface area contributed by atoms with Gasteiger partial charge in [0.1, 0.15) is 12.7 Å². The van der Waals surface area contributed by atoms with Gasteiger partial charge >= 0.3 is 11.7 Å². The van der Waals surface area contributed by atoms with Crippen molar-refractivity contribution in [3.63, 3.8) is 0 Å². The van der Waals surface area contributed by atoms with Crippen LogP contribution in [0.25, 0.3) is 0 Å². The monoisotopic (exact) mass is 370 g/mol. The van der Waals surface area contributed by atoms with Crippen LogP contribution in [-0.2, 0) is 23.9 Å². The van der Waals surface area contributed by atoms with Crippen molar-refractivity contribution in [3.8, 4) is 0 Å². The minimum atomic E-state index is -2.87. The standard InChI is InChI=1S/C15H18N2O9/c1-7(18)14(23)10(6-25-9(3)20)26-12(15(14,24)8(2)19)17-5-4-11(21)16-13(17)22/h4-5,10,12,23-24H,6H2,1-3H3,(H,16,21,22)/t10-,12-,14-,15+/m1/s1. The molecule has 2 heterocycles. The normalized spacial score (nSPS) is 30.8. The fraction of sp³-hybridized carbons (Fsp3) is 0.533. The van der Waals surface area contributed by atoms with Crippen LogP contribution in [0.2, 0.25) is 0 Å². The SMILES string of the molecule is CC(=O)OC[C@H]1O[C@@H](n2ccc(=O)[nH]c2=O)[C@@](O)(C(C)=O)[C@@]1(O)C(C)=O. The smallest absolute Gasteiger partial charge is 0.330 e. The molecule has 1 aliphatic heterocycles. The topological polar surface area (TPSA) is 165 Å². The molecule has 1 saturated heterocycles. The molecule has 0 aliphatic carbocycles. The van der Waals surface area contributed by atoms with Crippen LogP contribution < -0.4 is 11.2 Å². The Kier molecular flexibility index (Phi) is 4.99. The van der Waals surface area contributed by atoms with Gasteiger partial charge in [-0.2, -0.15) is 0 Å². The fourth-order valence-corrected chi connectivity index (χ4v) is 2.96. The van der Waals surface area contributed by atoms with E-state index in [4.69, 9.17) is 9.47 Å². The number of aromatic nitrogens is 2. The lowest BCUT2D eigenvalue weighted by Gasteiger charge is -2.37. The van der Waals surface area contributed by atoms with Gasteiger partial charge in [0.05, 0.1) is 0 Å². The maximum absolute atomic E-state index is 12.2. The van der Waals surface area contributed by atoms with Crippen LogP contribution in [-0.4, -0.2) is 61.2 Å². The number of esters is 1. The molecule has 0 saturated carbocycles. The first-order valence-electron chi connectivity index (χ1n) is 7.53. The molecule has 0 amide bonds. The Balaban J connectivity index is 2.66. The number of Topliss-reactive ketones (excluding diaryl/α,β-unsaturated/α-hetero) is 2. The minimum Gasteiger partial charge on any atom is -0.463 e. The third-order valence-electron chi connectivity index (χ3n) is 4.31. The number of carbonyl (C=O) groups excluding carboxylic acids is 3. The number of nitrogens with one attached hydrogen (secondary N) is 1. The molecular weight excluding hydrogens is 352 g/mol. The molecule has 2 rings (SSSR count). The predicted octanol–water partition coefficient (Wildman–Crippen LogP) is -2.36. The van der Waals surface area contributed by atoms with E-state index in [1.54, 1.807) is 0 Å². The van der Waals surface area contributed by atoms with Crippen molar-refractivity contribution in [1.82, 2.24) is 9.55 Å². The number of aliphatic hydroxyl groups is 2. The number of ether oxygens (including phenoxy) is 2. The number of aromatic amines is 1. The van der Waals surface area contributed by atoms with Crippen molar-refractivity contribution in [2.75, 3.05) is 6.61 Å². The van der Waals surface area contributed by atoms with Crippen LogP contribution in [0.4, 0.5) is 0 Å². The van der Waals surface area contributed by atoms with Gasteiger partial charge < -0.3 is 19.7 Å². The summed E-state index contributed by atoms with van der Waals surface area (Å²) in [4.78, 5) is 60.6. The highest BCUT2D eigenvalue weighted by Crippen LogP contribution is 2.46. The van der Waals surface area contributed by atoms with Gasteiger partial charge in [-0.1, -0.05) is 0 Å². The Hall–Kier alpha value is -2.63. The third-order valence-corrected chi connectivity index (χ3v) is 4.31. The first kappa shape index (κ1) is 19.7. The van der Waals surface area contributed by atoms with Crippen LogP contribution in [0, 0.1) is 0 Å². The maximum atomic E-state index is 12.2. The van der Waals surface area contributed by atoms with Crippen molar-refractivity contribution < 1.29 is 34.1 Å². The van der Waals surface area contributed by atoms with E-state index in [0.29, 0.717) is 4.57 Å². The Bertz CT molecular complexity index is 872. The molecule has 1 fully saturated rings. The summed E-state index contributed by atoms with van der Waals surface area (Å²) in [5.41, 5.74) is -7.45. The molecule has 1 aromatic rings. The van der Waals surface area contributed by atoms with E-state index in [0.717, 1.165) is 33.0 Å². The zero-order chi connectivity index (χ0) is 19.9. The highest BCUT2D eigenvalue weighted by Gasteiger charge is 2.72. The number of carbonyl (C=O) groups is 3. The molecule has 1 aliphatic rings. The molecular formula is C15H18N2O9. The number of nitrogens with zero attached hydrogens (tertiary/aromatic N) is 1. The van der Waals surface area contributed by atoms with Crippen molar-refractivity contribution in [2.24, 2.45) is 0 Å². The summed E-state index contributed by atoms with van der Waals surface area (Å²) in [6.07, 6.45) is -2.55. The van der Waals surface area contributed by atoms with E-state index in [2.05, 4.69) is 0 Å². The molecule has 0 bridgehead atoms. The Morgan fingerprint density at radius 1 is 1.19 bits per heavy atom. The summed E-state index contributed by atoms with van der Waals surface area (Å²) in [5.74, 6) is -2.86. The lowest BCUT2D eigenvalue weighted by atomic mass is 9.75. The number of rotatable bonds is 5.